The molecule has 6 nitrogen and oxygen atoms in total. The Hall–Kier alpha value is -2.76. The molecule has 0 aliphatic heterocycles. The summed E-state index contributed by atoms with van der Waals surface area (Å²) in [6.07, 6.45) is 4.37. The molecule has 1 N–H and O–H groups in total. The Morgan fingerprint density at radius 1 is 1.16 bits per heavy atom. The number of carbonyl (C=O) groups is 3. The molecule has 19 heavy (non-hydrogen) atoms. The van der Waals surface area contributed by atoms with E-state index in [1.165, 1.54) is 0 Å². The summed E-state index contributed by atoms with van der Waals surface area (Å²) in [4.78, 5) is 36.9. The van der Waals surface area contributed by atoms with Crippen LogP contribution >= 0.6 is 0 Å². The zero-order chi connectivity index (χ0) is 13.8. The van der Waals surface area contributed by atoms with E-state index in [4.69, 9.17) is 5.11 Å². The zero-order valence-corrected chi connectivity index (χ0v) is 9.81. The monoisotopic (exact) mass is 258 g/mol. The highest BCUT2D eigenvalue weighted by Crippen LogP contribution is 2.11. The number of hydrogen-bond donors (Lipinski definition) is 1. The number of imidazole rings is 1. The molecule has 6 heteroatoms. The predicted octanol–water partition coefficient (Wildman–Crippen LogP) is 1.10. The zero-order valence-electron chi connectivity index (χ0n) is 9.81. The smallest absolute Gasteiger partial charge is 0.372 e. The Morgan fingerprint density at radius 3 is 2.37 bits per heavy atom. The molecule has 0 bridgehead atoms. The first-order valence-corrected chi connectivity index (χ1v) is 5.45. The number of carboxylic acid groups (broad SMARTS) is 1. The Morgan fingerprint density at radius 2 is 1.84 bits per heavy atom. The molecule has 0 unspecified atom stereocenters. The lowest BCUT2D eigenvalue weighted by Gasteiger charge is -2.03. The van der Waals surface area contributed by atoms with Crippen molar-refractivity contribution < 1.29 is 19.5 Å². The molecule has 0 aliphatic rings. The van der Waals surface area contributed by atoms with Crippen molar-refractivity contribution in [3.05, 3.63) is 48.5 Å². The third-order valence-electron chi connectivity index (χ3n) is 2.55. The van der Waals surface area contributed by atoms with E-state index >= 15 is 0 Å². The van der Waals surface area contributed by atoms with Crippen molar-refractivity contribution >= 4 is 17.5 Å². The summed E-state index contributed by atoms with van der Waals surface area (Å²) >= 11 is 0. The van der Waals surface area contributed by atoms with Crippen molar-refractivity contribution in [1.29, 1.82) is 0 Å². The van der Waals surface area contributed by atoms with E-state index < -0.39 is 24.0 Å². The van der Waals surface area contributed by atoms with Gasteiger partial charge in [0, 0.05) is 23.6 Å². The van der Waals surface area contributed by atoms with Crippen molar-refractivity contribution in [3.63, 3.8) is 0 Å². The van der Waals surface area contributed by atoms with Gasteiger partial charge < -0.3 is 9.67 Å². The summed E-state index contributed by atoms with van der Waals surface area (Å²) in [5.41, 5.74) is 1.12. The minimum atomic E-state index is -1.59. The van der Waals surface area contributed by atoms with Crippen LogP contribution < -0.4 is 0 Å². The molecule has 0 spiro atoms. The summed E-state index contributed by atoms with van der Waals surface area (Å²) < 4.78 is 1.76. The highest BCUT2D eigenvalue weighted by Gasteiger charge is 2.17. The van der Waals surface area contributed by atoms with Crippen molar-refractivity contribution in [1.82, 2.24) is 9.55 Å². The number of Topliss-reactive ketones (excluding diaryl/α,β-unsaturated/α-hetero) is 2. The molecular formula is C13H10N2O4. The van der Waals surface area contributed by atoms with Gasteiger partial charge in [0.15, 0.2) is 5.78 Å². The van der Waals surface area contributed by atoms with Crippen LogP contribution in [0.1, 0.15) is 16.8 Å². The Balaban J connectivity index is 2.12. The summed E-state index contributed by atoms with van der Waals surface area (Å²) in [6.45, 7) is 0. The molecule has 1 heterocycles. The first-order valence-electron chi connectivity index (χ1n) is 5.45. The molecule has 2 aromatic rings. The number of rotatable bonds is 5. The average molecular weight is 258 g/mol. The quantitative estimate of drug-likeness (QED) is 0.492. The molecule has 0 amide bonds. The topological polar surface area (TPSA) is 89.3 Å². The second kappa shape index (κ2) is 5.26. The van der Waals surface area contributed by atoms with E-state index in [0.29, 0.717) is 5.56 Å². The fourth-order valence-electron chi connectivity index (χ4n) is 1.55. The molecule has 0 atom stereocenters. The maximum Gasteiger partial charge on any atom is 0.372 e. The highest BCUT2D eigenvalue weighted by molar-refractivity contribution is 6.37. The number of ketones is 2. The summed E-state index contributed by atoms with van der Waals surface area (Å²) in [5, 5.41) is 8.43. The van der Waals surface area contributed by atoms with Gasteiger partial charge in [0.25, 0.3) is 0 Å². The standard InChI is InChI=1S/C13H10N2O4/c16-11(7-12(17)13(18)19)9-1-3-10(4-2-9)15-6-5-14-8-15/h1-6,8H,7H2,(H,18,19). The van der Waals surface area contributed by atoms with Gasteiger partial charge in [-0.05, 0) is 24.3 Å². The van der Waals surface area contributed by atoms with Crippen LogP contribution in [0.3, 0.4) is 0 Å². The maximum atomic E-state index is 11.7. The minimum absolute atomic E-state index is 0.304. The minimum Gasteiger partial charge on any atom is -0.475 e. The molecule has 0 radical (unpaired) electrons. The highest BCUT2D eigenvalue weighted by atomic mass is 16.4. The van der Waals surface area contributed by atoms with Crippen LogP contribution in [0.5, 0.6) is 0 Å². The second-order valence-corrected chi connectivity index (χ2v) is 3.85. The maximum absolute atomic E-state index is 11.7. The summed E-state index contributed by atoms with van der Waals surface area (Å²) in [5.74, 6) is -3.21. The van der Waals surface area contributed by atoms with Gasteiger partial charge in [-0.1, -0.05) is 0 Å². The van der Waals surface area contributed by atoms with Gasteiger partial charge in [-0.25, -0.2) is 9.78 Å². The van der Waals surface area contributed by atoms with Crippen LogP contribution in [0.4, 0.5) is 0 Å². The van der Waals surface area contributed by atoms with Crippen molar-refractivity contribution in [2.75, 3.05) is 0 Å². The number of aliphatic carboxylic acids is 1. The molecule has 0 fully saturated rings. The van der Waals surface area contributed by atoms with Crippen molar-refractivity contribution in [2.45, 2.75) is 6.42 Å². The van der Waals surface area contributed by atoms with E-state index in [2.05, 4.69) is 4.98 Å². The van der Waals surface area contributed by atoms with Crippen LogP contribution in [0.15, 0.2) is 43.0 Å². The van der Waals surface area contributed by atoms with Crippen LogP contribution in [0.25, 0.3) is 5.69 Å². The number of hydrogen-bond acceptors (Lipinski definition) is 4. The molecule has 0 aliphatic carbocycles. The third-order valence-corrected chi connectivity index (χ3v) is 2.55. The van der Waals surface area contributed by atoms with Crippen LogP contribution in [-0.4, -0.2) is 32.2 Å². The first kappa shape index (κ1) is 12.7. The van der Waals surface area contributed by atoms with Crippen LogP contribution in [-0.2, 0) is 9.59 Å². The second-order valence-electron chi connectivity index (χ2n) is 3.85. The summed E-state index contributed by atoms with van der Waals surface area (Å²) in [6, 6.07) is 6.49. The lowest BCUT2D eigenvalue weighted by atomic mass is 10.1. The van der Waals surface area contributed by atoms with Gasteiger partial charge in [-0.2, -0.15) is 0 Å². The molecule has 2 rings (SSSR count). The molecule has 1 aromatic carbocycles. The predicted molar refractivity (Wildman–Crippen MR) is 65.2 cm³/mol. The number of nitrogens with zero attached hydrogens (tertiary/aromatic N) is 2. The molecule has 0 saturated carbocycles. The van der Waals surface area contributed by atoms with E-state index in [1.807, 2.05) is 0 Å². The largest absolute Gasteiger partial charge is 0.475 e. The molecular weight excluding hydrogens is 248 g/mol. The van der Waals surface area contributed by atoms with E-state index in [0.717, 1.165) is 5.69 Å². The van der Waals surface area contributed by atoms with Crippen LogP contribution in [0.2, 0.25) is 0 Å². The lowest BCUT2D eigenvalue weighted by Crippen LogP contribution is -2.17. The Bertz CT molecular complexity index is 615. The van der Waals surface area contributed by atoms with Gasteiger partial charge in [0.05, 0.1) is 12.7 Å². The number of carboxylic acids is 1. The van der Waals surface area contributed by atoms with Gasteiger partial charge in [0.1, 0.15) is 0 Å². The normalized spacial score (nSPS) is 10.1. The Kier molecular flexibility index (Phi) is 3.51. The van der Waals surface area contributed by atoms with E-state index in [-0.39, 0.29) is 0 Å². The third kappa shape index (κ3) is 2.92. The average Bonchev–Trinajstić information content (AvgIpc) is 2.92. The lowest BCUT2D eigenvalue weighted by molar-refractivity contribution is -0.148. The van der Waals surface area contributed by atoms with Gasteiger partial charge in [-0.3, -0.25) is 9.59 Å². The van der Waals surface area contributed by atoms with Gasteiger partial charge >= 0.3 is 5.97 Å². The van der Waals surface area contributed by atoms with Gasteiger partial charge in [-0.15, -0.1) is 0 Å². The first-order chi connectivity index (χ1) is 9.08. The Labute approximate surface area is 108 Å². The van der Waals surface area contributed by atoms with Gasteiger partial charge in [0.2, 0.25) is 5.78 Å². The SMILES string of the molecule is O=C(O)C(=O)CC(=O)c1ccc(-n2ccnc2)cc1. The molecule has 0 saturated heterocycles. The van der Waals surface area contributed by atoms with Crippen molar-refractivity contribution in [2.24, 2.45) is 0 Å². The van der Waals surface area contributed by atoms with E-state index in [9.17, 15) is 14.4 Å². The molecule has 1 aromatic heterocycles. The number of aromatic nitrogens is 2. The van der Waals surface area contributed by atoms with Crippen LogP contribution in [0, 0.1) is 0 Å². The molecule has 96 valence electrons. The van der Waals surface area contributed by atoms with Crippen molar-refractivity contribution in [3.8, 4) is 5.69 Å². The number of benzene rings is 1. The fourth-order valence-corrected chi connectivity index (χ4v) is 1.55. The number of carbonyl (C=O) groups excluding carboxylic acids is 2. The fraction of sp³-hybridized carbons (Fsp3) is 0.0769. The summed E-state index contributed by atoms with van der Waals surface area (Å²) in [7, 11) is 0. The van der Waals surface area contributed by atoms with E-state index in [1.54, 1.807) is 47.6 Å².